The van der Waals surface area contributed by atoms with Crippen molar-refractivity contribution < 1.29 is 58.6 Å². The van der Waals surface area contributed by atoms with Crippen LogP contribution in [-0.2, 0) is 38.1 Å². The highest BCUT2D eigenvalue weighted by Gasteiger charge is 2.53. The Hall–Kier alpha value is -2.28. The van der Waals surface area contributed by atoms with Gasteiger partial charge in [-0.25, -0.2) is 0 Å². The van der Waals surface area contributed by atoms with Gasteiger partial charge in [-0.15, -0.1) is 0 Å². The molecular formula is C26H46O12. The third-order valence-corrected chi connectivity index (χ3v) is 6.50. The van der Waals surface area contributed by atoms with E-state index in [2.05, 4.69) is 0 Å². The van der Waals surface area contributed by atoms with E-state index in [1.165, 1.54) is 13.8 Å². The molecule has 0 aliphatic rings. The van der Waals surface area contributed by atoms with Crippen molar-refractivity contribution in [2.24, 2.45) is 21.7 Å². The van der Waals surface area contributed by atoms with Gasteiger partial charge in [0, 0.05) is 0 Å². The second-order valence-corrected chi connectivity index (χ2v) is 10.9. The number of rotatable bonds is 19. The topological polar surface area (TPSA) is 186 Å². The summed E-state index contributed by atoms with van der Waals surface area (Å²) in [5.74, 6) is -2.88. The number of hydrogen-bond donors (Lipinski definition) is 4. The summed E-state index contributed by atoms with van der Waals surface area (Å²) in [4.78, 5) is 52.3. The van der Waals surface area contributed by atoms with Crippen molar-refractivity contribution in [3.63, 3.8) is 0 Å². The third kappa shape index (κ3) is 10.5. The first-order valence-electron chi connectivity index (χ1n) is 12.7. The molecule has 0 radical (unpaired) electrons. The van der Waals surface area contributed by atoms with Crippen LogP contribution in [0.5, 0.6) is 0 Å². The Labute approximate surface area is 224 Å². The maximum atomic E-state index is 13.4. The van der Waals surface area contributed by atoms with E-state index in [0.717, 1.165) is 0 Å². The van der Waals surface area contributed by atoms with Crippen molar-refractivity contribution in [1.29, 1.82) is 0 Å². The van der Waals surface area contributed by atoms with Gasteiger partial charge in [-0.05, 0) is 60.3 Å². The van der Waals surface area contributed by atoms with Gasteiger partial charge in [0.1, 0.15) is 26.4 Å². The zero-order valence-corrected chi connectivity index (χ0v) is 23.5. The molecule has 222 valence electrons. The normalized spacial score (nSPS) is 16.4. The summed E-state index contributed by atoms with van der Waals surface area (Å²) in [7, 11) is 0. The lowest BCUT2D eigenvalue weighted by Gasteiger charge is -2.42. The van der Waals surface area contributed by atoms with E-state index in [0.29, 0.717) is 0 Å². The number of aliphatic hydroxyl groups is 4. The van der Waals surface area contributed by atoms with E-state index in [9.17, 15) is 29.4 Å². The molecule has 12 nitrogen and oxygen atoms in total. The Morgan fingerprint density at radius 3 is 1.13 bits per heavy atom. The smallest absolute Gasteiger partial charge is 0.311 e. The molecule has 3 unspecified atom stereocenters. The summed E-state index contributed by atoms with van der Waals surface area (Å²) in [6.07, 6.45) is -0.239. The van der Waals surface area contributed by atoms with E-state index in [1.807, 2.05) is 0 Å². The quantitative estimate of drug-likeness (QED) is 0.131. The Bertz CT molecular complexity index is 782. The first-order chi connectivity index (χ1) is 17.6. The van der Waals surface area contributed by atoms with Gasteiger partial charge in [0.2, 0.25) is 0 Å². The van der Waals surface area contributed by atoms with E-state index in [1.54, 1.807) is 27.7 Å². The van der Waals surface area contributed by atoms with Gasteiger partial charge in [-0.2, -0.15) is 0 Å². The van der Waals surface area contributed by atoms with Crippen molar-refractivity contribution in [1.82, 2.24) is 0 Å². The van der Waals surface area contributed by atoms with Gasteiger partial charge in [-0.3, -0.25) is 19.2 Å². The van der Waals surface area contributed by atoms with Crippen LogP contribution in [0.4, 0.5) is 0 Å². The molecule has 3 atom stereocenters. The fraction of sp³-hybridized carbons (Fsp3) is 0.846. The molecular weight excluding hydrogens is 504 g/mol. The molecule has 0 aliphatic heterocycles. The van der Waals surface area contributed by atoms with Crippen molar-refractivity contribution in [3.05, 3.63) is 0 Å². The average molecular weight is 551 g/mol. The summed E-state index contributed by atoms with van der Waals surface area (Å²) in [6, 6.07) is 0. The fourth-order valence-corrected chi connectivity index (χ4v) is 4.80. The van der Waals surface area contributed by atoms with Gasteiger partial charge in [0.15, 0.2) is 0 Å². The molecule has 0 saturated carbocycles. The van der Waals surface area contributed by atoms with Gasteiger partial charge < -0.3 is 39.4 Å². The molecule has 0 spiro atoms. The minimum atomic E-state index is -1.51. The zero-order valence-electron chi connectivity index (χ0n) is 23.5. The standard InChI is InChI=1S/C26H46O12/c1-7-24(4,20(32)36-13-9-28)17-26(6,22(34)38-15-11-30)18-25(5,21(33)37-14-10-29)16-23(2,3)19(31)35-12-8-27/h27-30H,7-18H2,1-6H3. The highest BCUT2D eigenvalue weighted by atomic mass is 16.6. The minimum absolute atomic E-state index is 0.122. The van der Waals surface area contributed by atoms with Gasteiger partial charge >= 0.3 is 23.9 Å². The second-order valence-electron chi connectivity index (χ2n) is 10.9. The molecule has 0 heterocycles. The molecule has 0 rings (SSSR count). The van der Waals surface area contributed by atoms with Crippen molar-refractivity contribution in [3.8, 4) is 0 Å². The lowest BCUT2D eigenvalue weighted by Crippen LogP contribution is -2.47. The molecule has 0 fully saturated rings. The maximum absolute atomic E-state index is 13.4. The number of carbonyl (C=O) groups excluding carboxylic acids is 4. The molecule has 0 bridgehead atoms. The van der Waals surface area contributed by atoms with E-state index >= 15 is 0 Å². The van der Waals surface area contributed by atoms with Crippen molar-refractivity contribution >= 4 is 23.9 Å². The number of hydrogen-bond acceptors (Lipinski definition) is 12. The van der Waals surface area contributed by atoms with Crippen molar-refractivity contribution in [2.45, 2.75) is 67.2 Å². The Balaban J connectivity index is 6.58. The summed E-state index contributed by atoms with van der Waals surface area (Å²) >= 11 is 0. The van der Waals surface area contributed by atoms with Crippen LogP contribution in [0, 0.1) is 21.7 Å². The largest absolute Gasteiger partial charge is 0.463 e. The predicted molar refractivity (Wildman–Crippen MR) is 134 cm³/mol. The lowest BCUT2D eigenvalue weighted by molar-refractivity contribution is -0.173. The molecule has 38 heavy (non-hydrogen) atoms. The monoisotopic (exact) mass is 550 g/mol. The summed E-state index contributed by atoms with van der Waals surface area (Å²) in [5.41, 5.74) is -5.48. The summed E-state index contributed by atoms with van der Waals surface area (Å²) in [5, 5.41) is 36.5. The Morgan fingerprint density at radius 1 is 0.500 bits per heavy atom. The molecule has 0 aromatic carbocycles. The highest BCUT2D eigenvalue weighted by molar-refractivity contribution is 5.84. The van der Waals surface area contributed by atoms with Gasteiger partial charge in [0.05, 0.1) is 48.1 Å². The fourth-order valence-electron chi connectivity index (χ4n) is 4.80. The molecule has 0 aromatic heterocycles. The van der Waals surface area contributed by atoms with Gasteiger partial charge in [-0.1, -0.05) is 6.92 Å². The molecule has 4 N–H and O–H groups in total. The van der Waals surface area contributed by atoms with Crippen LogP contribution < -0.4 is 0 Å². The first kappa shape index (κ1) is 35.7. The number of ether oxygens (including phenoxy) is 4. The highest BCUT2D eigenvalue weighted by Crippen LogP contribution is 2.49. The average Bonchev–Trinajstić information content (AvgIpc) is 2.86. The van der Waals surface area contributed by atoms with Crippen LogP contribution in [0.25, 0.3) is 0 Å². The SMILES string of the molecule is CCC(C)(CC(C)(CC(C)(CC(C)(C)C(=O)OCCO)C(=O)OCCO)C(=O)OCCO)C(=O)OCCO. The number of carbonyl (C=O) groups is 4. The minimum Gasteiger partial charge on any atom is -0.463 e. The third-order valence-electron chi connectivity index (χ3n) is 6.50. The molecule has 0 aliphatic carbocycles. The Kier molecular flexibility index (Phi) is 15.0. The lowest BCUT2D eigenvalue weighted by atomic mass is 9.61. The maximum Gasteiger partial charge on any atom is 0.311 e. The van der Waals surface area contributed by atoms with Crippen LogP contribution >= 0.6 is 0 Å². The molecule has 12 heteroatoms. The first-order valence-corrected chi connectivity index (χ1v) is 12.7. The number of esters is 4. The van der Waals surface area contributed by atoms with Crippen LogP contribution in [0.2, 0.25) is 0 Å². The molecule has 0 aromatic rings. The van der Waals surface area contributed by atoms with E-state index in [-0.39, 0.29) is 65.3 Å². The van der Waals surface area contributed by atoms with E-state index < -0.39 is 58.8 Å². The van der Waals surface area contributed by atoms with E-state index in [4.69, 9.17) is 29.2 Å². The van der Waals surface area contributed by atoms with Crippen LogP contribution in [-0.4, -0.2) is 97.2 Å². The van der Waals surface area contributed by atoms with Crippen LogP contribution in [0.1, 0.15) is 67.2 Å². The van der Waals surface area contributed by atoms with Crippen LogP contribution in [0.15, 0.2) is 0 Å². The predicted octanol–water partition coefficient (Wildman–Crippen LogP) is 0.754. The van der Waals surface area contributed by atoms with Gasteiger partial charge in [0.25, 0.3) is 0 Å². The number of aliphatic hydroxyl groups excluding tert-OH is 4. The van der Waals surface area contributed by atoms with Crippen LogP contribution in [0.3, 0.4) is 0 Å². The second kappa shape index (κ2) is 16.0. The molecule has 0 saturated heterocycles. The zero-order chi connectivity index (χ0) is 29.6. The Morgan fingerprint density at radius 2 is 0.789 bits per heavy atom. The van der Waals surface area contributed by atoms with Crippen molar-refractivity contribution in [2.75, 3.05) is 52.9 Å². The summed E-state index contributed by atoms with van der Waals surface area (Å²) in [6.45, 7) is 6.75. The summed E-state index contributed by atoms with van der Waals surface area (Å²) < 4.78 is 20.7. The molecule has 0 amide bonds.